The second-order valence-electron chi connectivity index (χ2n) is 4.98. The molecular formula is C15H21N. The van der Waals surface area contributed by atoms with Crippen LogP contribution in [0.1, 0.15) is 31.9 Å². The summed E-state index contributed by atoms with van der Waals surface area (Å²) in [5, 5.41) is 0. The van der Waals surface area contributed by atoms with Crippen molar-refractivity contribution in [1.82, 2.24) is 4.90 Å². The third-order valence-electron chi connectivity index (χ3n) is 3.17. The molecular weight excluding hydrogens is 194 g/mol. The lowest BCUT2D eigenvalue weighted by Gasteiger charge is -2.29. The summed E-state index contributed by atoms with van der Waals surface area (Å²) < 4.78 is 0. The maximum absolute atomic E-state index is 2.55. The van der Waals surface area contributed by atoms with Crippen LogP contribution in [0, 0.1) is 5.92 Å². The van der Waals surface area contributed by atoms with Crippen LogP contribution in [0.15, 0.2) is 42.5 Å². The summed E-state index contributed by atoms with van der Waals surface area (Å²) in [6.45, 7) is 6.82. The highest BCUT2D eigenvalue weighted by Crippen LogP contribution is 2.28. The third kappa shape index (κ3) is 2.73. The highest BCUT2D eigenvalue weighted by molar-refractivity contribution is 5.20. The molecule has 0 fully saturated rings. The Morgan fingerprint density at radius 2 is 1.69 bits per heavy atom. The summed E-state index contributed by atoms with van der Waals surface area (Å²) in [6.07, 6.45) is 5.79. The molecule has 0 aliphatic carbocycles. The molecule has 1 heterocycles. The first-order valence-electron chi connectivity index (χ1n) is 6.21. The number of hydrogen-bond acceptors (Lipinski definition) is 1. The Morgan fingerprint density at radius 3 is 2.25 bits per heavy atom. The van der Waals surface area contributed by atoms with E-state index in [4.69, 9.17) is 0 Å². The van der Waals surface area contributed by atoms with E-state index in [2.05, 4.69) is 61.2 Å². The Balaban J connectivity index is 2.14. The molecule has 1 aliphatic heterocycles. The zero-order valence-electron chi connectivity index (χ0n) is 10.3. The smallest absolute Gasteiger partial charge is 0.0357 e. The maximum Gasteiger partial charge on any atom is 0.0357 e. The lowest BCUT2D eigenvalue weighted by Crippen LogP contribution is -2.27. The fourth-order valence-corrected chi connectivity index (χ4v) is 2.37. The summed E-state index contributed by atoms with van der Waals surface area (Å²) >= 11 is 0. The predicted octanol–water partition coefficient (Wildman–Crippen LogP) is 3.65. The molecule has 86 valence electrons. The van der Waals surface area contributed by atoms with E-state index >= 15 is 0 Å². The normalized spacial score (nSPS) is 18.2. The number of hydrogen-bond donors (Lipinski definition) is 0. The highest BCUT2D eigenvalue weighted by atomic mass is 15.2. The van der Waals surface area contributed by atoms with E-state index in [-0.39, 0.29) is 0 Å². The number of rotatable bonds is 4. The summed E-state index contributed by atoms with van der Waals surface area (Å²) in [7, 11) is 0. The first-order chi connectivity index (χ1) is 7.77. The largest absolute Gasteiger partial charge is 0.289 e. The van der Waals surface area contributed by atoms with Crippen LogP contribution in [-0.2, 0) is 0 Å². The van der Waals surface area contributed by atoms with E-state index in [1.807, 2.05) is 0 Å². The van der Waals surface area contributed by atoms with Crippen molar-refractivity contribution in [2.45, 2.75) is 26.3 Å². The predicted molar refractivity (Wildman–Crippen MR) is 69.4 cm³/mol. The zero-order chi connectivity index (χ0) is 11.4. The third-order valence-corrected chi connectivity index (χ3v) is 3.17. The Morgan fingerprint density at radius 1 is 1.06 bits per heavy atom. The van der Waals surface area contributed by atoms with Crippen LogP contribution >= 0.6 is 0 Å². The standard InChI is InChI=1S/C15H21N/c1-13(2)12-15(16-10-6-7-11-16)14-8-4-3-5-9-14/h3-9,13,15H,10-12H2,1-2H3. The summed E-state index contributed by atoms with van der Waals surface area (Å²) in [5.41, 5.74) is 1.46. The maximum atomic E-state index is 2.55. The fraction of sp³-hybridized carbons (Fsp3) is 0.467. The van der Waals surface area contributed by atoms with E-state index in [9.17, 15) is 0 Å². The molecule has 1 aromatic rings. The molecule has 16 heavy (non-hydrogen) atoms. The van der Waals surface area contributed by atoms with Crippen LogP contribution < -0.4 is 0 Å². The molecule has 0 saturated heterocycles. The van der Waals surface area contributed by atoms with Crippen LogP contribution in [0.25, 0.3) is 0 Å². The monoisotopic (exact) mass is 215 g/mol. The van der Waals surface area contributed by atoms with Crippen molar-refractivity contribution in [2.24, 2.45) is 5.92 Å². The molecule has 0 bridgehead atoms. The van der Waals surface area contributed by atoms with E-state index in [0.717, 1.165) is 19.0 Å². The van der Waals surface area contributed by atoms with Crippen LogP contribution in [-0.4, -0.2) is 18.0 Å². The van der Waals surface area contributed by atoms with Gasteiger partial charge in [-0.3, -0.25) is 4.90 Å². The van der Waals surface area contributed by atoms with Crippen molar-refractivity contribution >= 4 is 0 Å². The molecule has 1 nitrogen and oxygen atoms in total. The van der Waals surface area contributed by atoms with Gasteiger partial charge in [0.1, 0.15) is 0 Å². The minimum absolute atomic E-state index is 0.580. The molecule has 1 aromatic carbocycles. The Hall–Kier alpha value is -1.08. The molecule has 1 heteroatoms. The minimum atomic E-state index is 0.580. The molecule has 1 unspecified atom stereocenters. The van der Waals surface area contributed by atoms with E-state index in [0.29, 0.717) is 6.04 Å². The SMILES string of the molecule is CC(C)CC(c1ccccc1)N1CC=CC1. The Bertz CT molecular complexity index is 332. The van der Waals surface area contributed by atoms with Gasteiger partial charge >= 0.3 is 0 Å². The minimum Gasteiger partial charge on any atom is -0.289 e. The van der Waals surface area contributed by atoms with Crippen molar-refractivity contribution < 1.29 is 0 Å². The molecule has 0 radical (unpaired) electrons. The van der Waals surface area contributed by atoms with Crippen LogP contribution in [0.5, 0.6) is 0 Å². The lowest BCUT2D eigenvalue weighted by atomic mass is 9.96. The van der Waals surface area contributed by atoms with Gasteiger partial charge in [0.15, 0.2) is 0 Å². The van der Waals surface area contributed by atoms with Gasteiger partial charge in [0.2, 0.25) is 0 Å². The van der Waals surface area contributed by atoms with Gasteiger partial charge in [-0.25, -0.2) is 0 Å². The average molecular weight is 215 g/mol. The number of benzene rings is 1. The van der Waals surface area contributed by atoms with Crippen LogP contribution in [0.3, 0.4) is 0 Å². The lowest BCUT2D eigenvalue weighted by molar-refractivity contribution is 0.224. The second kappa shape index (κ2) is 5.31. The average Bonchev–Trinajstić information content (AvgIpc) is 2.80. The molecule has 1 aliphatic rings. The Labute approximate surface area is 98.8 Å². The van der Waals surface area contributed by atoms with E-state index < -0.39 is 0 Å². The van der Waals surface area contributed by atoms with Crippen molar-refractivity contribution in [3.63, 3.8) is 0 Å². The van der Waals surface area contributed by atoms with Gasteiger partial charge in [0.05, 0.1) is 0 Å². The van der Waals surface area contributed by atoms with Gasteiger partial charge in [-0.05, 0) is 17.9 Å². The molecule has 1 atom stereocenters. The van der Waals surface area contributed by atoms with E-state index in [1.165, 1.54) is 12.0 Å². The Kier molecular flexibility index (Phi) is 3.79. The van der Waals surface area contributed by atoms with Crippen molar-refractivity contribution in [3.05, 3.63) is 48.0 Å². The first kappa shape index (κ1) is 11.4. The zero-order valence-corrected chi connectivity index (χ0v) is 10.3. The van der Waals surface area contributed by atoms with Crippen molar-refractivity contribution in [1.29, 1.82) is 0 Å². The van der Waals surface area contributed by atoms with Gasteiger partial charge in [0.25, 0.3) is 0 Å². The molecule has 0 amide bonds. The summed E-state index contributed by atoms with van der Waals surface area (Å²) in [5.74, 6) is 0.741. The molecule has 2 rings (SSSR count). The van der Waals surface area contributed by atoms with Gasteiger partial charge in [-0.15, -0.1) is 0 Å². The fourth-order valence-electron chi connectivity index (χ4n) is 2.37. The molecule has 0 N–H and O–H groups in total. The summed E-state index contributed by atoms with van der Waals surface area (Å²) in [4.78, 5) is 2.55. The molecule has 0 aromatic heterocycles. The highest BCUT2D eigenvalue weighted by Gasteiger charge is 2.21. The topological polar surface area (TPSA) is 3.24 Å². The van der Waals surface area contributed by atoms with Gasteiger partial charge < -0.3 is 0 Å². The van der Waals surface area contributed by atoms with Gasteiger partial charge in [-0.1, -0.05) is 56.3 Å². The van der Waals surface area contributed by atoms with Crippen LogP contribution in [0.4, 0.5) is 0 Å². The first-order valence-corrected chi connectivity index (χ1v) is 6.21. The van der Waals surface area contributed by atoms with Crippen molar-refractivity contribution in [3.8, 4) is 0 Å². The molecule has 0 spiro atoms. The number of nitrogens with zero attached hydrogens (tertiary/aromatic N) is 1. The van der Waals surface area contributed by atoms with E-state index in [1.54, 1.807) is 0 Å². The quantitative estimate of drug-likeness (QED) is 0.693. The van der Waals surface area contributed by atoms with Crippen LogP contribution in [0.2, 0.25) is 0 Å². The summed E-state index contributed by atoms with van der Waals surface area (Å²) in [6, 6.07) is 11.5. The second-order valence-corrected chi connectivity index (χ2v) is 4.98. The van der Waals surface area contributed by atoms with Gasteiger partial charge in [-0.2, -0.15) is 0 Å². The van der Waals surface area contributed by atoms with Gasteiger partial charge in [0, 0.05) is 19.1 Å². The van der Waals surface area contributed by atoms with Crippen molar-refractivity contribution in [2.75, 3.05) is 13.1 Å². The molecule has 0 saturated carbocycles.